The SMILES string of the molecule is O=Cc1ccc(OCCNc2ncccn2)cc1. The van der Waals surface area contributed by atoms with Gasteiger partial charge in [0.1, 0.15) is 18.6 Å². The molecule has 0 saturated carbocycles. The third-order valence-corrected chi connectivity index (χ3v) is 2.24. The molecule has 0 amide bonds. The highest BCUT2D eigenvalue weighted by atomic mass is 16.5. The first-order valence-corrected chi connectivity index (χ1v) is 5.57. The lowest BCUT2D eigenvalue weighted by Crippen LogP contribution is -2.13. The molecule has 5 heteroatoms. The molecule has 92 valence electrons. The van der Waals surface area contributed by atoms with E-state index in [-0.39, 0.29) is 0 Å². The van der Waals surface area contributed by atoms with Crippen LogP contribution in [0.4, 0.5) is 5.95 Å². The molecule has 0 spiro atoms. The highest BCUT2D eigenvalue weighted by molar-refractivity contribution is 5.74. The summed E-state index contributed by atoms with van der Waals surface area (Å²) < 4.78 is 5.49. The number of carbonyl (C=O) groups excluding carboxylic acids is 1. The highest BCUT2D eigenvalue weighted by Gasteiger charge is 1.95. The van der Waals surface area contributed by atoms with E-state index >= 15 is 0 Å². The van der Waals surface area contributed by atoms with Gasteiger partial charge < -0.3 is 10.1 Å². The fourth-order valence-electron chi connectivity index (χ4n) is 1.36. The predicted molar refractivity (Wildman–Crippen MR) is 67.8 cm³/mol. The van der Waals surface area contributed by atoms with Crippen LogP contribution in [0.5, 0.6) is 5.75 Å². The summed E-state index contributed by atoms with van der Waals surface area (Å²) in [7, 11) is 0. The predicted octanol–water partition coefficient (Wildman–Crippen LogP) is 1.78. The minimum absolute atomic E-state index is 0.499. The van der Waals surface area contributed by atoms with E-state index in [0.29, 0.717) is 24.7 Å². The third kappa shape index (κ3) is 3.55. The average Bonchev–Trinajstić information content (AvgIpc) is 2.45. The lowest BCUT2D eigenvalue weighted by molar-refractivity contribution is 0.112. The minimum Gasteiger partial charge on any atom is -0.492 e. The molecule has 0 unspecified atom stereocenters. The Bertz CT molecular complexity index is 485. The van der Waals surface area contributed by atoms with Crippen molar-refractivity contribution in [3.05, 3.63) is 48.3 Å². The fraction of sp³-hybridized carbons (Fsp3) is 0.154. The van der Waals surface area contributed by atoms with Crippen molar-refractivity contribution in [2.75, 3.05) is 18.5 Å². The van der Waals surface area contributed by atoms with Gasteiger partial charge in [-0.1, -0.05) is 0 Å². The van der Waals surface area contributed by atoms with Gasteiger partial charge in [0.2, 0.25) is 5.95 Å². The van der Waals surface area contributed by atoms with Crippen LogP contribution in [0.1, 0.15) is 10.4 Å². The van der Waals surface area contributed by atoms with E-state index in [2.05, 4.69) is 15.3 Å². The number of hydrogen-bond donors (Lipinski definition) is 1. The second kappa shape index (κ2) is 6.34. The van der Waals surface area contributed by atoms with Crippen LogP contribution in [0.15, 0.2) is 42.7 Å². The number of rotatable bonds is 6. The molecule has 0 saturated heterocycles. The van der Waals surface area contributed by atoms with Gasteiger partial charge in [0.15, 0.2) is 0 Å². The lowest BCUT2D eigenvalue weighted by atomic mass is 10.2. The lowest BCUT2D eigenvalue weighted by Gasteiger charge is -2.07. The highest BCUT2D eigenvalue weighted by Crippen LogP contribution is 2.10. The van der Waals surface area contributed by atoms with E-state index in [4.69, 9.17) is 4.74 Å². The summed E-state index contributed by atoms with van der Waals surface area (Å²) in [6.45, 7) is 1.11. The van der Waals surface area contributed by atoms with E-state index in [1.807, 2.05) is 0 Å². The number of nitrogens with zero attached hydrogens (tertiary/aromatic N) is 2. The Labute approximate surface area is 105 Å². The smallest absolute Gasteiger partial charge is 0.222 e. The van der Waals surface area contributed by atoms with Gasteiger partial charge in [0.25, 0.3) is 0 Å². The number of aldehydes is 1. The summed E-state index contributed by atoms with van der Waals surface area (Å²) in [6, 6.07) is 8.73. The first-order chi connectivity index (χ1) is 8.88. The molecule has 0 atom stereocenters. The number of hydrogen-bond acceptors (Lipinski definition) is 5. The van der Waals surface area contributed by atoms with Crippen molar-refractivity contribution in [2.24, 2.45) is 0 Å². The van der Waals surface area contributed by atoms with E-state index in [0.717, 1.165) is 12.0 Å². The second-order valence-electron chi connectivity index (χ2n) is 3.53. The summed E-state index contributed by atoms with van der Waals surface area (Å²) in [6.07, 6.45) is 4.15. The molecule has 5 nitrogen and oxygen atoms in total. The van der Waals surface area contributed by atoms with Crippen LogP contribution >= 0.6 is 0 Å². The normalized spacial score (nSPS) is 9.78. The van der Waals surface area contributed by atoms with E-state index in [1.54, 1.807) is 42.7 Å². The van der Waals surface area contributed by atoms with Gasteiger partial charge in [-0.05, 0) is 30.3 Å². The van der Waals surface area contributed by atoms with Crippen molar-refractivity contribution in [1.29, 1.82) is 0 Å². The zero-order valence-electron chi connectivity index (χ0n) is 9.74. The Morgan fingerprint density at radius 3 is 2.56 bits per heavy atom. The molecule has 0 radical (unpaired) electrons. The minimum atomic E-state index is 0.499. The Hall–Kier alpha value is -2.43. The number of carbonyl (C=O) groups is 1. The number of aromatic nitrogens is 2. The molecule has 2 aromatic rings. The van der Waals surface area contributed by atoms with Crippen molar-refractivity contribution < 1.29 is 9.53 Å². The molecule has 0 bridgehead atoms. The first-order valence-electron chi connectivity index (χ1n) is 5.57. The van der Waals surface area contributed by atoms with Gasteiger partial charge in [-0.3, -0.25) is 4.79 Å². The Kier molecular flexibility index (Phi) is 4.24. The van der Waals surface area contributed by atoms with E-state index in [9.17, 15) is 4.79 Å². The van der Waals surface area contributed by atoms with Gasteiger partial charge in [0, 0.05) is 18.0 Å². The summed E-state index contributed by atoms with van der Waals surface area (Å²) in [5.74, 6) is 1.31. The molecule has 0 aliphatic rings. The van der Waals surface area contributed by atoms with E-state index < -0.39 is 0 Å². The molecule has 0 fully saturated rings. The van der Waals surface area contributed by atoms with Crippen molar-refractivity contribution in [3.63, 3.8) is 0 Å². The molecule has 1 aromatic heterocycles. The standard InChI is InChI=1S/C13H13N3O2/c17-10-11-2-4-12(5-3-11)18-9-8-16-13-14-6-1-7-15-13/h1-7,10H,8-9H2,(H,14,15,16). The zero-order valence-corrected chi connectivity index (χ0v) is 9.74. The van der Waals surface area contributed by atoms with Crippen molar-refractivity contribution >= 4 is 12.2 Å². The fourth-order valence-corrected chi connectivity index (χ4v) is 1.36. The van der Waals surface area contributed by atoms with Crippen molar-refractivity contribution in [3.8, 4) is 5.75 Å². The monoisotopic (exact) mass is 243 g/mol. The average molecular weight is 243 g/mol. The van der Waals surface area contributed by atoms with Gasteiger partial charge in [-0.25, -0.2) is 9.97 Å². The zero-order chi connectivity index (χ0) is 12.6. The summed E-state index contributed by atoms with van der Waals surface area (Å²) in [5.41, 5.74) is 0.637. The van der Waals surface area contributed by atoms with E-state index in [1.165, 1.54) is 0 Å². The molecule has 2 rings (SSSR count). The summed E-state index contributed by atoms with van der Waals surface area (Å²) in [5, 5.41) is 3.03. The van der Waals surface area contributed by atoms with Gasteiger partial charge in [-0.15, -0.1) is 0 Å². The molecule has 1 aromatic carbocycles. The molecular weight excluding hydrogens is 230 g/mol. The van der Waals surface area contributed by atoms with Gasteiger partial charge >= 0.3 is 0 Å². The van der Waals surface area contributed by atoms with Crippen molar-refractivity contribution in [2.45, 2.75) is 0 Å². The van der Waals surface area contributed by atoms with Crippen LogP contribution in [-0.4, -0.2) is 29.4 Å². The maximum atomic E-state index is 10.5. The van der Waals surface area contributed by atoms with Crippen LogP contribution in [0.2, 0.25) is 0 Å². The quantitative estimate of drug-likeness (QED) is 0.619. The molecule has 18 heavy (non-hydrogen) atoms. The van der Waals surface area contributed by atoms with Gasteiger partial charge in [-0.2, -0.15) is 0 Å². The van der Waals surface area contributed by atoms with Crippen LogP contribution in [0.25, 0.3) is 0 Å². The number of nitrogens with one attached hydrogen (secondary N) is 1. The molecular formula is C13H13N3O2. The van der Waals surface area contributed by atoms with Crippen LogP contribution in [0.3, 0.4) is 0 Å². The maximum Gasteiger partial charge on any atom is 0.222 e. The second-order valence-corrected chi connectivity index (χ2v) is 3.53. The third-order valence-electron chi connectivity index (χ3n) is 2.24. The summed E-state index contributed by atoms with van der Waals surface area (Å²) >= 11 is 0. The largest absolute Gasteiger partial charge is 0.492 e. The number of benzene rings is 1. The Morgan fingerprint density at radius 1 is 1.17 bits per heavy atom. The molecule has 1 N–H and O–H groups in total. The number of anilines is 1. The van der Waals surface area contributed by atoms with Crippen LogP contribution in [0, 0.1) is 0 Å². The van der Waals surface area contributed by atoms with Crippen molar-refractivity contribution in [1.82, 2.24) is 9.97 Å². The molecule has 0 aliphatic heterocycles. The first kappa shape index (κ1) is 12.0. The number of ether oxygens (including phenoxy) is 1. The maximum absolute atomic E-state index is 10.5. The molecule has 0 aliphatic carbocycles. The van der Waals surface area contributed by atoms with Crippen LogP contribution < -0.4 is 10.1 Å². The molecule has 1 heterocycles. The topological polar surface area (TPSA) is 64.1 Å². The Balaban J connectivity index is 1.73. The Morgan fingerprint density at radius 2 is 1.89 bits per heavy atom. The van der Waals surface area contributed by atoms with Crippen LogP contribution in [-0.2, 0) is 0 Å². The van der Waals surface area contributed by atoms with Gasteiger partial charge in [0.05, 0.1) is 6.54 Å². The summed E-state index contributed by atoms with van der Waals surface area (Å²) in [4.78, 5) is 18.5.